The second-order valence-corrected chi connectivity index (χ2v) is 4.49. The molecule has 0 aromatic heterocycles. The summed E-state index contributed by atoms with van der Waals surface area (Å²) in [6, 6.07) is 1.46. The first kappa shape index (κ1) is 14.3. The van der Waals surface area contributed by atoms with E-state index >= 15 is 0 Å². The maximum Gasteiger partial charge on any atom is 0.420 e. The Kier molecular flexibility index (Phi) is 4.40. The van der Waals surface area contributed by atoms with E-state index in [2.05, 4.69) is 15.9 Å². The summed E-state index contributed by atoms with van der Waals surface area (Å²) in [6.07, 6.45) is -4.33. The third-order valence-corrected chi connectivity index (χ3v) is 2.74. The number of phenolic OH excluding ortho intramolecular Hbond substituents is 1. The molecule has 17 heavy (non-hydrogen) atoms. The first-order chi connectivity index (χ1) is 7.77. The van der Waals surface area contributed by atoms with E-state index in [9.17, 15) is 18.3 Å². The lowest BCUT2D eigenvalue weighted by molar-refractivity contribution is -0.138. The number of hydrogen-bond acceptors (Lipinski definition) is 3. The van der Waals surface area contributed by atoms with Crippen molar-refractivity contribution in [1.29, 1.82) is 0 Å². The van der Waals surface area contributed by atoms with Gasteiger partial charge in [-0.25, -0.2) is 0 Å². The van der Waals surface area contributed by atoms with Crippen LogP contribution in [0, 0.1) is 0 Å². The van der Waals surface area contributed by atoms with Crippen molar-refractivity contribution in [2.24, 2.45) is 11.5 Å². The average Bonchev–Trinajstić information content (AvgIpc) is 2.19. The normalized spacial score (nSPS) is 13.8. The van der Waals surface area contributed by atoms with Gasteiger partial charge in [0.15, 0.2) is 0 Å². The van der Waals surface area contributed by atoms with E-state index in [-0.39, 0.29) is 16.6 Å². The van der Waals surface area contributed by atoms with Crippen molar-refractivity contribution >= 4 is 15.9 Å². The maximum absolute atomic E-state index is 12.6. The lowest BCUT2D eigenvalue weighted by Crippen LogP contribution is -2.17. The van der Waals surface area contributed by atoms with E-state index in [0.717, 1.165) is 6.07 Å². The van der Waals surface area contributed by atoms with Gasteiger partial charge in [0.1, 0.15) is 5.75 Å². The summed E-state index contributed by atoms with van der Waals surface area (Å²) in [5, 5.41) is 9.58. The molecule has 0 saturated heterocycles. The average molecular weight is 313 g/mol. The second-order valence-electron chi connectivity index (χ2n) is 3.57. The van der Waals surface area contributed by atoms with Crippen LogP contribution in [0.2, 0.25) is 0 Å². The van der Waals surface area contributed by atoms with Crippen LogP contribution in [0.3, 0.4) is 0 Å². The third-order valence-electron chi connectivity index (χ3n) is 2.29. The van der Waals surface area contributed by atoms with Crippen molar-refractivity contribution in [3.63, 3.8) is 0 Å². The third kappa shape index (κ3) is 3.34. The molecule has 0 aliphatic carbocycles. The van der Waals surface area contributed by atoms with Gasteiger partial charge in [0.2, 0.25) is 0 Å². The number of nitrogens with two attached hydrogens (primary N) is 2. The van der Waals surface area contributed by atoms with Gasteiger partial charge in [0.05, 0.1) is 5.56 Å². The van der Waals surface area contributed by atoms with Crippen LogP contribution >= 0.6 is 15.9 Å². The molecule has 96 valence electrons. The molecule has 0 amide bonds. The van der Waals surface area contributed by atoms with Crippen molar-refractivity contribution in [1.82, 2.24) is 0 Å². The van der Waals surface area contributed by atoms with E-state index in [0.29, 0.717) is 6.42 Å². The molecule has 0 unspecified atom stereocenters. The number of benzene rings is 1. The molecule has 0 spiro atoms. The molecule has 1 aromatic carbocycles. The van der Waals surface area contributed by atoms with Gasteiger partial charge < -0.3 is 16.6 Å². The number of rotatable bonds is 3. The summed E-state index contributed by atoms with van der Waals surface area (Å²) in [6.45, 7) is 0.231. The highest BCUT2D eigenvalue weighted by atomic mass is 79.9. The minimum Gasteiger partial charge on any atom is -0.507 e. The summed E-state index contributed by atoms with van der Waals surface area (Å²) in [5.41, 5.74) is 9.88. The number of hydrogen-bond donors (Lipinski definition) is 3. The summed E-state index contributed by atoms with van der Waals surface area (Å²) in [7, 11) is 0. The Hall–Kier alpha value is -0.790. The van der Waals surface area contributed by atoms with Crippen LogP contribution in [-0.2, 0) is 6.18 Å². The predicted molar refractivity (Wildman–Crippen MR) is 61.4 cm³/mol. The van der Waals surface area contributed by atoms with Gasteiger partial charge in [-0.05, 0) is 25.1 Å². The Balaban J connectivity index is 3.28. The van der Waals surface area contributed by atoms with Gasteiger partial charge >= 0.3 is 6.18 Å². The van der Waals surface area contributed by atoms with Crippen molar-refractivity contribution in [2.75, 3.05) is 6.54 Å². The minimum atomic E-state index is -4.62. The van der Waals surface area contributed by atoms with E-state index < -0.39 is 23.5 Å². The zero-order valence-corrected chi connectivity index (χ0v) is 10.3. The highest BCUT2D eigenvalue weighted by Crippen LogP contribution is 2.41. The molecule has 1 rings (SSSR count). The fourth-order valence-corrected chi connectivity index (χ4v) is 1.93. The van der Waals surface area contributed by atoms with Gasteiger partial charge in [0, 0.05) is 16.1 Å². The van der Waals surface area contributed by atoms with Gasteiger partial charge in [-0.2, -0.15) is 13.2 Å². The van der Waals surface area contributed by atoms with E-state index in [1.165, 1.54) is 6.07 Å². The molecule has 0 saturated carbocycles. The Morgan fingerprint density at radius 1 is 1.35 bits per heavy atom. The monoisotopic (exact) mass is 312 g/mol. The lowest BCUT2D eigenvalue weighted by Gasteiger charge is -2.17. The number of alkyl halides is 3. The molecule has 0 fully saturated rings. The van der Waals surface area contributed by atoms with E-state index in [4.69, 9.17) is 11.5 Å². The Morgan fingerprint density at radius 2 is 1.94 bits per heavy atom. The largest absolute Gasteiger partial charge is 0.507 e. The molecule has 0 heterocycles. The SMILES string of the molecule is NCC[C@H](N)c1cc(Br)cc(C(F)(F)F)c1O. The molecule has 0 aliphatic rings. The summed E-state index contributed by atoms with van der Waals surface area (Å²) in [5.74, 6) is -0.832. The molecule has 5 N–H and O–H groups in total. The Morgan fingerprint density at radius 3 is 2.41 bits per heavy atom. The zero-order valence-electron chi connectivity index (χ0n) is 8.76. The van der Waals surface area contributed by atoms with Gasteiger partial charge in [0.25, 0.3) is 0 Å². The van der Waals surface area contributed by atoms with Crippen molar-refractivity contribution < 1.29 is 18.3 Å². The minimum absolute atomic E-state index is 0.0390. The maximum atomic E-state index is 12.6. The standard InChI is InChI=1S/C10H12BrF3N2O/c11-5-3-6(8(16)1-2-15)9(17)7(4-5)10(12,13)14/h3-4,8,17H,1-2,15-16H2/t8-/m0/s1. The number of halogens is 4. The predicted octanol–water partition coefficient (Wildman–Crippen LogP) is 2.52. The molecule has 3 nitrogen and oxygen atoms in total. The molecule has 0 bridgehead atoms. The van der Waals surface area contributed by atoms with Crippen LogP contribution < -0.4 is 11.5 Å². The van der Waals surface area contributed by atoms with Crippen LogP contribution in [0.4, 0.5) is 13.2 Å². The van der Waals surface area contributed by atoms with Crippen LogP contribution in [0.1, 0.15) is 23.6 Å². The molecule has 1 aromatic rings. The van der Waals surface area contributed by atoms with Crippen LogP contribution in [-0.4, -0.2) is 11.7 Å². The fourth-order valence-electron chi connectivity index (χ4n) is 1.45. The zero-order chi connectivity index (χ0) is 13.2. The smallest absolute Gasteiger partial charge is 0.420 e. The number of aromatic hydroxyl groups is 1. The first-order valence-electron chi connectivity index (χ1n) is 4.82. The first-order valence-corrected chi connectivity index (χ1v) is 5.62. The topological polar surface area (TPSA) is 72.3 Å². The van der Waals surface area contributed by atoms with Gasteiger partial charge in [-0.1, -0.05) is 15.9 Å². The summed E-state index contributed by atoms with van der Waals surface area (Å²) in [4.78, 5) is 0. The van der Waals surface area contributed by atoms with E-state index in [1.807, 2.05) is 0 Å². The molecule has 1 atom stereocenters. The van der Waals surface area contributed by atoms with Crippen LogP contribution in [0.5, 0.6) is 5.75 Å². The fraction of sp³-hybridized carbons (Fsp3) is 0.400. The molecule has 0 aliphatic heterocycles. The van der Waals surface area contributed by atoms with Gasteiger partial charge in [-0.15, -0.1) is 0 Å². The van der Waals surface area contributed by atoms with Crippen molar-refractivity contribution in [3.8, 4) is 5.75 Å². The molecular formula is C10H12BrF3N2O. The highest BCUT2D eigenvalue weighted by Gasteiger charge is 2.35. The summed E-state index contributed by atoms with van der Waals surface area (Å²) >= 11 is 2.96. The highest BCUT2D eigenvalue weighted by molar-refractivity contribution is 9.10. The molecular weight excluding hydrogens is 301 g/mol. The quantitative estimate of drug-likeness (QED) is 0.803. The van der Waals surface area contributed by atoms with Crippen molar-refractivity contribution in [2.45, 2.75) is 18.6 Å². The van der Waals surface area contributed by atoms with E-state index in [1.54, 1.807) is 0 Å². The lowest BCUT2D eigenvalue weighted by atomic mass is 10.00. The molecule has 7 heteroatoms. The summed E-state index contributed by atoms with van der Waals surface area (Å²) < 4.78 is 38.0. The molecule has 0 radical (unpaired) electrons. The number of phenols is 1. The Labute approximate surface area is 105 Å². The Bertz CT molecular complexity index is 409. The second kappa shape index (κ2) is 5.24. The van der Waals surface area contributed by atoms with Crippen molar-refractivity contribution in [3.05, 3.63) is 27.7 Å². The van der Waals surface area contributed by atoms with Crippen LogP contribution in [0.15, 0.2) is 16.6 Å². The van der Waals surface area contributed by atoms with Crippen LogP contribution in [0.25, 0.3) is 0 Å². The van der Waals surface area contributed by atoms with Gasteiger partial charge in [-0.3, -0.25) is 0 Å².